The molecule has 0 aromatic heterocycles. The zero-order valence-electron chi connectivity index (χ0n) is 11.3. The van der Waals surface area contributed by atoms with E-state index in [2.05, 4.69) is 15.9 Å². The second-order valence-corrected chi connectivity index (χ2v) is 7.83. The lowest BCUT2D eigenvalue weighted by atomic mass is 10.1. The first kappa shape index (κ1) is 15.7. The molecule has 112 valence electrons. The van der Waals surface area contributed by atoms with Crippen LogP contribution in [0.2, 0.25) is 0 Å². The van der Waals surface area contributed by atoms with Crippen molar-refractivity contribution in [2.75, 3.05) is 12.3 Å². The molecular formula is C13H18BrFN2O2S. The van der Waals surface area contributed by atoms with Crippen LogP contribution in [0.1, 0.15) is 32.6 Å². The number of anilines is 1. The number of halogens is 2. The first-order chi connectivity index (χ1) is 9.34. The molecule has 1 aliphatic heterocycles. The SMILES string of the molecule is CC1CCCCCN1S(=O)(=O)c1cc(N)c(Br)cc1F. The zero-order chi connectivity index (χ0) is 14.9. The Balaban J connectivity index is 2.46. The quantitative estimate of drug-likeness (QED) is 0.819. The smallest absolute Gasteiger partial charge is 0.246 e. The van der Waals surface area contributed by atoms with E-state index in [-0.39, 0.29) is 16.6 Å². The van der Waals surface area contributed by atoms with E-state index in [0.717, 1.165) is 31.7 Å². The molecular weight excluding hydrogens is 347 g/mol. The summed E-state index contributed by atoms with van der Waals surface area (Å²) in [6.45, 7) is 2.29. The second kappa shape index (κ2) is 5.99. The largest absolute Gasteiger partial charge is 0.398 e. The van der Waals surface area contributed by atoms with Gasteiger partial charge in [-0.25, -0.2) is 12.8 Å². The lowest BCUT2D eigenvalue weighted by Gasteiger charge is -2.26. The molecule has 0 amide bonds. The average Bonchev–Trinajstić information content (AvgIpc) is 2.58. The number of sulfonamides is 1. The van der Waals surface area contributed by atoms with Gasteiger partial charge in [-0.05, 0) is 47.8 Å². The van der Waals surface area contributed by atoms with Crippen molar-refractivity contribution in [3.05, 3.63) is 22.4 Å². The number of hydrogen-bond donors (Lipinski definition) is 1. The van der Waals surface area contributed by atoms with E-state index in [4.69, 9.17) is 5.73 Å². The Morgan fingerprint density at radius 1 is 1.35 bits per heavy atom. The molecule has 0 aliphatic carbocycles. The summed E-state index contributed by atoms with van der Waals surface area (Å²) in [6, 6.07) is 2.17. The van der Waals surface area contributed by atoms with Gasteiger partial charge in [-0.2, -0.15) is 4.31 Å². The minimum absolute atomic E-state index is 0.119. The maximum absolute atomic E-state index is 14.0. The van der Waals surface area contributed by atoms with Crippen LogP contribution in [0.3, 0.4) is 0 Å². The molecule has 7 heteroatoms. The molecule has 1 heterocycles. The molecule has 1 aromatic carbocycles. The van der Waals surface area contributed by atoms with Gasteiger partial charge in [0.25, 0.3) is 0 Å². The van der Waals surface area contributed by atoms with Gasteiger partial charge in [0.2, 0.25) is 10.0 Å². The summed E-state index contributed by atoms with van der Waals surface area (Å²) < 4.78 is 41.1. The van der Waals surface area contributed by atoms with E-state index in [0.29, 0.717) is 11.0 Å². The van der Waals surface area contributed by atoms with Crippen LogP contribution in [0.25, 0.3) is 0 Å². The topological polar surface area (TPSA) is 63.4 Å². The van der Waals surface area contributed by atoms with Gasteiger partial charge in [-0.3, -0.25) is 0 Å². The third-order valence-electron chi connectivity index (χ3n) is 3.63. The zero-order valence-corrected chi connectivity index (χ0v) is 13.7. The lowest BCUT2D eigenvalue weighted by molar-refractivity contribution is 0.340. The Hall–Kier alpha value is -0.660. The number of nitrogens with zero attached hydrogens (tertiary/aromatic N) is 1. The van der Waals surface area contributed by atoms with E-state index in [1.807, 2.05) is 6.92 Å². The highest BCUT2D eigenvalue weighted by molar-refractivity contribution is 9.10. The normalized spacial score (nSPS) is 21.6. The molecule has 1 aromatic rings. The molecule has 0 saturated carbocycles. The Morgan fingerprint density at radius 3 is 2.75 bits per heavy atom. The van der Waals surface area contributed by atoms with E-state index < -0.39 is 15.8 Å². The van der Waals surface area contributed by atoms with E-state index in [1.165, 1.54) is 10.4 Å². The minimum atomic E-state index is -3.85. The highest BCUT2D eigenvalue weighted by Gasteiger charge is 2.32. The van der Waals surface area contributed by atoms with Crippen LogP contribution in [-0.4, -0.2) is 25.3 Å². The summed E-state index contributed by atoms with van der Waals surface area (Å²) >= 11 is 3.09. The van der Waals surface area contributed by atoms with Gasteiger partial charge in [-0.1, -0.05) is 12.8 Å². The average molecular weight is 365 g/mol. The molecule has 0 radical (unpaired) electrons. The molecule has 2 N–H and O–H groups in total. The van der Waals surface area contributed by atoms with E-state index in [9.17, 15) is 12.8 Å². The Labute approximate surface area is 127 Å². The van der Waals surface area contributed by atoms with Crippen molar-refractivity contribution >= 4 is 31.6 Å². The minimum Gasteiger partial charge on any atom is -0.398 e. The third kappa shape index (κ3) is 2.99. The van der Waals surface area contributed by atoms with Crippen molar-refractivity contribution in [2.24, 2.45) is 0 Å². The highest BCUT2D eigenvalue weighted by atomic mass is 79.9. The van der Waals surface area contributed by atoms with Crippen molar-refractivity contribution in [1.29, 1.82) is 0 Å². The van der Waals surface area contributed by atoms with Gasteiger partial charge < -0.3 is 5.73 Å². The maximum Gasteiger partial charge on any atom is 0.246 e. The molecule has 1 atom stereocenters. The van der Waals surface area contributed by atoms with Crippen molar-refractivity contribution in [2.45, 2.75) is 43.5 Å². The van der Waals surface area contributed by atoms with Gasteiger partial charge >= 0.3 is 0 Å². The summed E-state index contributed by atoms with van der Waals surface area (Å²) in [5, 5.41) is 0. The predicted octanol–water partition coefficient (Wildman–Crippen LogP) is 3.12. The van der Waals surface area contributed by atoms with E-state index >= 15 is 0 Å². The van der Waals surface area contributed by atoms with E-state index in [1.54, 1.807) is 0 Å². The Bertz CT molecular complexity index is 607. The molecule has 4 nitrogen and oxygen atoms in total. The number of rotatable bonds is 2. The maximum atomic E-state index is 14.0. The van der Waals surface area contributed by atoms with Crippen molar-refractivity contribution in [3.8, 4) is 0 Å². The first-order valence-electron chi connectivity index (χ1n) is 6.60. The number of benzene rings is 1. The fraction of sp³-hybridized carbons (Fsp3) is 0.538. The molecule has 2 rings (SSSR count). The number of nitrogens with two attached hydrogens (primary N) is 1. The molecule has 0 bridgehead atoms. The Kier molecular flexibility index (Phi) is 4.71. The lowest BCUT2D eigenvalue weighted by Crippen LogP contribution is -2.38. The van der Waals surface area contributed by atoms with Crippen LogP contribution in [0.5, 0.6) is 0 Å². The van der Waals surface area contributed by atoms with Crippen LogP contribution in [0, 0.1) is 5.82 Å². The summed E-state index contributed by atoms with van der Waals surface area (Å²) in [5.74, 6) is -0.775. The Morgan fingerprint density at radius 2 is 2.05 bits per heavy atom. The molecule has 1 aliphatic rings. The monoisotopic (exact) mass is 364 g/mol. The fourth-order valence-electron chi connectivity index (χ4n) is 2.47. The number of hydrogen-bond acceptors (Lipinski definition) is 3. The summed E-state index contributed by atoms with van der Waals surface area (Å²) in [7, 11) is -3.85. The molecule has 1 unspecified atom stereocenters. The summed E-state index contributed by atoms with van der Waals surface area (Å²) in [6.07, 6.45) is 3.60. The number of nitrogen functional groups attached to an aromatic ring is 1. The summed E-state index contributed by atoms with van der Waals surface area (Å²) in [4.78, 5) is -0.341. The molecule has 1 fully saturated rings. The van der Waals surface area contributed by atoms with Gasteiger partial charge in [-0.15, -0.1) is 0 Å². The second-order valence-electron chi connectivity index (χ2n) is 5.12. The van der Waals surface area contributed by atoms with Crippen LogP contribution in [-0.2, 0) is 10.0 Å². The molecule has 20 heavy (non-hydrogen) atoms. The fourth-order valence-corrected chi connectivity index (χ4v) is 4.57. The predicted molar refractivity (Wildman–Crippen MR) is 80.3 cm³/mol. The van der Waals surface area contributed by atoms with Gasteiger partial charge in [0, 0.05) is 22.7 Å². The van der Waals surface area contributed by atoms with Crippen LogP contribution in [0.15, 0.2) is 21.5 Å². The van der Waals surface area contributed by atoms with Crippen LogP contribution < -0.4 is 5.73 Å². The standard InChI is InChI=1S/C13H18BrFN2O2S/c1-9-5-3-2-4-6-17(9)20(18,19)13-8-12(16)10(14)7-11(13)15/h7-9H,2-6,16H2,1H3. The van der Waals surface area contributed by atoms with Gasteiger partial charge in [0.1, 0.15) is 10.7 Å². The van der Waals surface area contributed by atoms with Gasteiger partial charge in [0.05, 0.1) is 0 Å². The molecule has 0 spiro atoms. The van der Waals surface area contributed by atoms with Crippen molar-refractivity contribution < 1.29 is 12.8 Å². The van der Waals surface area contributed by atoms with Crippen LogP contribution >= 0.6 is 15.9 Å². The van der Waals surface area contributed by atoms with Crippen LogP contribution in [0.4, 0.5) is 10.1 Å². The first-order valence-corrected chi connectivity index (χ1v) is 8.83. The summed E-state index contributed by atoms with van der Waals surface area (Å²) in [5.41, 5.74) is 5.90. The van der Waals surface area contributed by atoms with Crippen molar-refractivity contribution in [3.63, 3.8) is 0 Å². The third-order valence-corrected chi connectivity index (χ3v) is 6.35. The molecule has 1 saturated heterocycles. The highest BCUT2D eigenvalue weighted by Crippen LogP contribution is 2.30. The van der Waals surface area contributed by atoms with Crippen molar-refractivity contribution in [1.82, 2.24) is 4.31 Å². The van der Waals surface area contributed by atoms with Gasteiger partial charge in [0.15, 0.2) is 0 Å².